The number of hydrogen-bond acceptors (Lipinski definition) is 2. The average molecular weight is 430 g/mol. The van der Waals surface area contributed by atoms with E-state index in [1.165, 1.54) is 12.1 Å². The molecule has 0 radical (unpaired) electrons. The van der Waals surface area contributed by atoms with E-state index >= 15 is 0 Å². The summed E-state index contributed by atoms with van der Waals surface area (Å²) in [7, 11) is 0. The Morgan fingerprint density at radius 2 is 1.73 bits per heavy atom. The van der Waals surface area contributed by atoms with Crippen molar-refractivity contribution in [2.75, 3.05) is 0 Å². The van der Waals surface area contributed by atoms with Crippen LogP contribution in [-0.4, -0.2) is 16.6 Å². The Balaban J connectivity index is 2.38. The summed E-state index contributed by atoms with van der Waals surface area (Å²) in [6.45, 7) is 5.49. The number of rotatable bonds is 3. The smallest absolute Gasteiger partial charge is 0.334 e. The van der Waals surface area contributed by atoms with Gasteiger partial charge in [-0.15, -0.1) is 0 Å². The van der Waals surface area contributed by atoms with Crippen molar-refractivity contribution >= 4 is 22.0 Å². The molecule has 2 N–H and O–H groups in total. The van der Waals surface area contributed by atoms with Gasteiger partial charge in [0.05, 0.1) is 17.3 Å². The summed E-state index contributed by atoms with van der Waals surface area (Å²) >= 11 is 3.38. The maximum atomic E-state index is 12.8. The van der Waals surface area contributed by atoms with E-state index in [1.807, 2.05) is 20.8 Å². The van der Waals surface area contributed by atoms with Gasteiger partial charge in [-0.3, -0.25) is 4.98 Å². The standard InChI is InChI=1S/C18H19BrF3N3O/c1-17(2,3)25-16(26)24-14(15-13(19)5-4-10-23-15)11-6-8-12(9-7-11)18(20,21)22/h4-10,14H,1-3H3,(H2,24,25,26)/t14-/m0/s1. The molecule has 1 atom stereocenters. The molecule has 26 heavy (non-hydrogen) atoms. The lowest BCUT2D eigenvalue weighted by Gasteiger charge is -2.25. The van der Waals surface area contributed by atoms with Gasteiger partial charge in [-0.05, 0) is 66.5 Å². The summed E-state index contributed by atoms with van der Waals surface area (Å²) in [5.41, 5.74) is -0.229. The normalized spacial score (nSPS) is 13.2. The van der Waals surface area contributed by atoms with E-state index in [2.05, 4.69) is 31.5 Å². The minimum atomic E-state index is -4.42. The van der Waals surface area contributed by atoms with Gasteiger partial charge in [0, 0.05) is 16.2 Å². The lowest BCUT2D eigenvalue weighted by molar-refractivity contribution is -0.137. The van der Waals surface area contributed by atoms with Gasteiger partial charge in [-0.1, -0.05) is 12.1 Å². The summed E-state index contributed by atoms with van der Waals surface area (Å²) < 4.78 is 39.1. The number of amides is 2. The van der Waals surface area contributed by atoms with E-state index in [4.69, 9.17) is 0 Å². The number of pyridine rings is 1. The molecule has 0 saturated heterocycles. The Morgan fingerprint density at radius 3 is 2.23 bits per heavy atom. The summed E-state index contributed by atoms with van der Waals surface area (Å²) in [6.07, 6.45) is -2.86. The van der Waals surface area contributed by atoms with Crippen molar-refractivity contribution in [3.05, 3.63) is 63.9 Å². The quantitative estimate of drug-likeness (QED) is 0.716. The highest BCUT2D eigenvalue weighted by Crippen LogP contribution is 2.32. The molecule has 0 aliphatic rings. The molecule has 1 aromatic carbocycles. The average Bonchev–Trinajstić information content (AvgIpc) is 2.51. The third-order valence-electron chi connectivity index (χ3n) is 3.40. The number of aromatic nitrogens is 1. The molecule has 1 aromatic heterocycles. The molecule has 0 spiro atoms. The number of halogens is 4. The van der Waals surface area contributed by atoms with Crippen molar-refractivity contribution in [3.63, 3.8) is 0 Å². The van der Waals surface area contributed by atoms with Crippen molar-refractivity contribution < 1.29 is 18.0 Å². The number of nitrogens with zero attached hydrogens (tertiary/aromatic N) is 1. The van der Waals surface area contributed by atoms with Gasteiger partial charge in [0.2, 0.25) is 0 Å². The van der Waals surface area contributed by atoms with Crippen LogP contribution in [-0.2, 0) is 6.18 Å². The SMILES string of the molecule is CC(C)(C)NC(=O)N[C@@H](c1ccc(C(F)(F)F)cc1)c1ncccc1Br. The number of carbonyl (C=O) groups excluding carboxylic acids is 1. The highest BCUT2D eigenvalue weighted by molar-refractivity contribution is 9.10. The number of hydrogen-bond donors (Lipinski definition) is 2. The predicted molar refractivity (Wildman–Crippen MR) is 96.6 cm³/mol. The van der Waals surface area contributed by atoms with Crippen molar-refractivity contribution in [1.82, 2.24) is 15.6 Å². The second kappa shape index (κ2) is 7.65. The molecule has 140 valence electrons. The van der Waals surface area contributed by atoms with E-state index in [0.29, 0.717) is 15.7 Å². The highest BCUT2D eigenvalue weighted by atomic mass is 79.9. The first-order chi connectivity index (χ1) is 12.0. The monoisotopic (exact) mass is 429 g/mol. The van der Waals surface area contributed by atoms with Gasteiger partial charge in [0.25, 0.3) is 0 Å². The fourth-order valence-electron chi connectivity index (χ4n) is 2.29. The molecule has 8 heteroatoms. The summed E-state index contributed by atoms with van der Waals surface area (Å²) in [6, 6.07) is 6.97. The zero-order chi connectivity index (χ0) is 19.5. The second-order valence-corrected chi connectivity index (χ2v) is 7.63. The van der Waals surface area contributed by atoms with Gasteiger partial charge < -0.3 is 10.6 Å². The molecule has 0 aliphatic heterocycles. The van der Waals surface area contributed by atoms with Crippen LogP contribution in [0.2, 0.25) is 0 Å². The van der Waals surface area contributed by atoms with Crippen molar-refractivity contribution in [3.8, 4) is 0 Å². The molecular weight excluding hydrogens is 411 g/mol. The molecule has 0 saturated carbocycles. The first-order valence-corrected chi connectivity index (χ1v) is 8.63. The molecule has 4 nitrogen and oxygen atoms in total. The molecule has 2 aromatic rings. The zero-order valence-corrected chi connectivity index (χ0v) is 16.1. The minimum Gasteiger partial charge on any atom is -0.334 e. The topological polar surface area (TPSA) is 54.0 Å². The van der Waals surface area contributed by atoms with E-state index < -0.39 is 29.4 Å². The maximum absolute atomic E-state index is 12.8. The first kappa shape index (κ1) is 20.2. The van der Waals surface area contributed by atoms with Gasteiger partial charge in [0.1, 0.15) is 0 Å². The third kappa shape index (κ3) is 5.45. The van der Waals surface area contributed by atoms with E-state index in [1.54, 1.807) is 18.3 Å². The Kier molecular flexibility index (Phi) is 5.95. The fourth-order valence-corrected chi connectivity index (χ4v) is 2.78. The second-order valence-electron chi connectivity index (χ2n) is 6.77. The lowest BCUT2D eigenvalue weighted by Crippen LogP contribution is -2.47. The fraction of sp³-hybridized carbons (Fsp3) is 0.333. The Bertz CT molecular complexity index is 770. The van der Waals surface area contributed by atoms with Crippen LogP contribution in [0.5, 0.6) is 0 Å². The van der Waals surface area contributed by atoms with Crippen molar-refractivity contribution in [1.29, 1.82) is 0 Å². The summed E-state index contributed by atoms with van der Waals surface area (Å²) in [5, 5.41) is 5.55. The van der Waals surface area contributed by atoms with Crippen LogP contribution in [0.3, 0.4) is 0 Å². The Labute approximate surface area is 158 Å². The highest BCUT2D eigenvalue weighted by Gasteiger charge is 2.31. The van der Waals surface area contributed by atoms with Crippen molar-refractivity contribution in [2.24, 2.45) is 0 Å². The number of urea groups is 1. The Morgan fingerprint density at radius 1 is 1.12 bits per heavy atom. The number of benzene rings is 1. The first-order valence-electron chi connectivity index (χ1n) is 7.83. The third-order valence-corrected chi connectivity index (χ3v) is 4.07. The summed E-state index contributed by atoms with van der Waals surface area (Å²) in [5.74, 6) is 0. The molecule has 2 rings (SSSR count). The van der Waals surface area contributed by atoms with Gasteiger partial charge in [-0.25, -0.2) is 4.79 Å². The number of nitrogens with one attached hydrogen (secondary N) is 2. The van der Waals surface area contributed by atoms with Crippen LogP contribution in [0.4, 0.5) is 18.0 Å². The van der Waals surface area contributed by atoms with Crippen LogP contribution in [0, 0.1) is 0 Å². The largest absolute Gasteiger partial charge is 0.416 e. The zero-order valence-electron chi connectivity index (χ0n) is 14.5. The molecule has 1 heterocycles. The van der Waals surface area contributed by atoms with Gasteiger partial charge in [-0.2, -0.15) is 13.2 Å². The number of carbonyl (C=O) groups is 1. The molecule has 0 fully saturated rings. The van der Waals surface area contributed by atoms with Crippen LogP contribution < -0.4 is 10.6 Å². The van der Waals surface area contributed by atoms with Crippen LogP contribution >= 0.6 is 15.9 Å². The van der Waals surface area contributed by atoms with Crippen LogP contribution in [0.15, 0.2) is 47.1 Å². The minimum absolute atomic E-state index is 0.444. The molecule has 0 aliphatic carbocycles. The lowest BCUT2D eigenvalue weighted by atomic mass is 10.0. The predicted octanol–water partition coefficient (Wildman–Crippen LogP) is 5.05. The maximum Gasteiger partial charge on any atom is 0.416 e. The Hall–Kier alpha value is -2.09. The van der Waals surface area contributed by atoms with Gasteiger partial charge >= 0.3 is 12.2 Å². The van der Waals surface area contributed by atoms with Gasteiger partial charge in [0.15, 0.2) is 0 Å². The molecule has 0 unspecified atom stereocenters. The molecule has 2 amide bonds. The van der Waals surface area contributed by atoms with E-state index in [9.17, 15) is 18.0 Å². The van der Waals surface area contributed by atoms with Crippen LogP contribution in [0.25, 0.3) is 0 Å². The van der Waals surface area contributed by atoms with E-state index in [-0.39, 0.29) is 0 Å². The van der Waals surface area contributed by atoms with E-state index in [0.717, 1.165) is 12.1 Å². The summed E-state index contributed by atoms with van der Waals surface area (Å²) in [4.78, 5) is 16.6. The van der Waals surface area contributed by atoms with Crippen molar-refractivity contribution in [2.45, 2.75) is 38.5 Å². The molecular formula is C18H19BrF3N3O. The van der Waals surface area contributed by atoms with Crippen LogP contribution in [0.1, 0.15) is 43.6 Å². The number of alkyl halides is 3. The molecule has 0 bridgehead atoms.